The maximum atomic E-state index is 14.8. The number of nitrogens with zero attached hydrogens (tertiary/aromatic N) is 1. The molecule has 0 saturated heterocycles. The fraction of sp³-hybridized carbons (Fsp3) is 0.259. The number of anilines is 2. The van der Waals surface area contributed by atoms with Gasteiger partial charge in [0.1, 0.15) is 11.9 Å². The number of benzene rings is 3. The highest BCUT2D eigenvalue weighted by atomic mass is 19.1. The highest BCUT2D eigenvalue weighted by Crippen LogP contribution is 2.33. The van der Waals surface area contributed by atoms with Gasteiger partial charge in [-0.2, -0.15) is 5.26 Å². The largest absolute Gasteiger partial charge is 0.481 e. The van der Waals surface area contributed by atoms with E-state index >= 15 is 0 Å². The van der Waals surface area contributed by atoms with Gasteiger partial charge in [-0.05, 0) is 49.2 Å². The van der Waals surface area contributed by atoms with Crippen LogP contribution in [-0.2, 0) is 11.2 Å². The molecular weight excluding hydrogens is 431 g/mol. The second-order valence-corrected chi connectivity index (χ2v) is 8.48. The average Bonchev–Trinajstić information content (AvgIpc) is 2.86. The molecule has 0 radical (unpaired) electrons. The molecule has 1 heterocycles. The van der Waals surface area contributed by atoms with Crippen molar-refractivity contribution in [3.8, 4) is 6.07 Å². The number of carbonyl (C=O) groups is 1. The van der Waals surface area contributed by atoms with Gasteiger partial charge in [0, 0.05) is 12.1 Å². The molecule has 0 aliphatic carbocycles. The summed E-state index contributed by atoms with van der Waals surface area (Å²) in [5, 5.41) is 29.1. The minimum atomic E-state index is -0.859. The van der Waals surface area contributed by atoms with Gasteiger partial charge in [0.15, 0.2) is 0 Å². The van der Waals surface area contributed by atoms with Crippen LogP contribution in [0, 0.1) is 17.1 Å². The first kappa shape index (κ1) is 23.3. The molecule has 4 N–H and O–H groups in total. The summed E-state index contributed by atoms with van der Waals surface area (Å²) in [6, 6.07) is 21.4. The summed E-state index contributed by atoms with van der Waals surface area (Å²) in [6.07, 6.45) is 0.658. The Morgan fingerprint density at radius 2 is 2.00 bits per heavy atom. The summed E-state index contributed by atoms with van der Waals surface area (Å²) in [5.74, 6) is -1.73. The van der Waals surface area contributed by atoms with E-state index in [1.165, 1.54) is 6.07 Å². The van der Waals surface area contributed by atoms with E-state index in [1.807, 2.05) is 42.5 Å². The van der Waals surface area contributed by atoms with E-state index < -0.39 is 11.9 Å². The number of fused-ring (bicyclic) bond motifs is 1. The van der Waals surface area contributed by atoms with Crippen molar-refractivity contribution in [2.45, 2.75) is 31.3 Å². The maximum absolute atomic E-state index is 14.8. The molecule has 3 atom stereocenters. The lowest BCUT2D eigenvalue weighted by atomic mass is 9.95. The van der Waals surface area contributed by atoms with Crippen LogP contribution < -0.4 is 16.0 Å². The van der Waals surface area contributed by atoms with Crippen molar-refractivity contribution in [3.63, 3.8) is 0 Å². The normalized spacial score (nSPS) is 16.3. The minimum absolute atomic E-state index is 0.197. The fourth-order valence-corrected chi connectivity index (χ4v) is 4.33. The van der Waals surface area contributed by atoms with Crippen LogP contribution in [0.25, 0.3) is 0 Å². The molecule has 0 unspecified atom stereocenters. The summed E-state index contributed by atoms with van der Waals surface area (Å²) in [4.78, 5) is 11.3. The second kappa shape index (κ2) is 10.4. The van der Waals surface area contributed by atoms with E-state index in [-0.39, 0.29) is 17.9 Å². The third-order valence-corrected chi connectivity index (χ3v) is 6.27. The van der Waals surface area contributed by atoms with Gasteiger partial charge in [-0.15, -0.1) is 0 Å². The lowest BCUT2D eigenvalue weighted by molar-refractivity contribution is -0.138. The fourth-order valence-electron chi connectivity index (χ4n) is 4.33. The Hall–Kier alpha value is -3.89. The van der Waals surface area contributed by atoms with Gasteiger partial charge in [-0.3, -0.25) is 4.79 Å². The van der Waals surface area contributed by atoms with Crippen LogP contribution >= 0.6 is 0 Å². The summed E-state index contributed by atoms with van der Waals surface area (Å²) in [7, 11) is 0. The molecule has 0 saturated carbocycles. The van der Waals surface area contributed by atoms with Crippen molar-refractivity contribution < 1.29 is 14.3 Å². The van der Waals surface area contributed by atoms with Crippen LogP contribution in [0.5, 0.6) is 0 Å². The van der Waals surface area contributed by atoms with Crippen LogP contribution in [0.2, 0.25) is 0 Å². The zero-order valence-electron chi connectivity index (χ0n) is 18.9. The molecule has 0 fully saturated rings. The number of para-hydroxylation sites is 1. The van der Waals surface area contributed by atoms with E-state index in [0.717, 1.165) is 22.5 Å². The van der Waals surface area contributed by atoms with Crippen LogP contribution in [-0.4, -0.2) is 30.2 Å². The smallest absolute Gasteiger partial charge is 0.310 e. The summed E-state index contributed by atoms with van der Waals surface area (Å²) < 4.78 is 14.8. The highest BCUT2D eigenvalue weighted by Gasteiger charge is 2.29. The number of carboxylic acid groups (broad SMARTS) is 1. The van der Waals surface area contributed by atoms with Crippen LogP contribution in [0.1, 0.15) is 41.1 Å². The van der Waals surface area contributed by atoms with Crippen LogP contribution in [0.3, 0.4) is 0 Å². The number of hydrogen-bond donors (Lipinski definition) is 4. The molecule has 0 spiro atoms. The molecule has 4 rings (SSSR count). The van der Waals surface area contributed by atoms with Gasteiger partial charge in [-0.1, -0.05) is 48.5 Å². The van der Waals surface area contributed by atoms with Gasteiger partial charge >= 0.3 is 5.97 Å². The first-order chi connectivity index (χ1) is 16.5. The number of hydrogen-bond acceptors (Lipinski definition) is 5. The number of halogens is 1. The van der Waals surface area contributed by atoms with Crippen molar-refractivity contribution in [1.82, 2.24) is 5.32 Å². The number of nitrogens with one attached hydrogen (secondary N) is 3. The molecule has 7 heteroatoms. The standard InChI is InChI=1S/C27H27FN4O2/c1-17(27(33)34)19-7-4-6-18(14-19)12-13-30-26(21-9-2-3-10-22(21)28)24-16-31-23-11-5-8-20(15-29)25(23)32-24/h2-11,14,17,24,26,30-32H,12-13,16H2,1H3,(H,33,34)/t17-,24-,26-/m1/s1. The zero-order chi connectivity index (χ0) is 24.1. The first-order valence-corrected chi connectivity index (χ1v) is 11.3. The van der Waals surface area contributed by atoms with Crippen molar-refractivity contribution in [1.29, 1.82) is 5.26 Å². The Morgan fingerprint density at radius 1 is 1.21 bits per heavy atom. The van der Waals surface area contributed by atoms with Crippen molar-refractivity contribution in [2.24, 2.45) is 0 Å². The highest BCUT2D eigenvalue weighted by molar-refractivity contribution is 5.77. The van der Waals surface area contributed by atoms with Crippen LogP contribution in [0.15, 0.2) is 66.7 Å². The molecule has 3 aromatic carbocycles. The Bertz CT molecular complexity index is 1220. The van der Waals surface area contributed by atoms with Gasteiger partial charge in [0.25, 0.3) is 0 Å². The van der Waals surface area contributed by atoms with E-state index in [1.54, 1.807) is 25.1 Å². The Kier molecular flexibility index (Phi) is 7.09. The number of nitriles is 1. The Balaban J connectivity index is 1.53. The van der Waals surface area contributed by atoms with Crippen molar-refractivity contribution >= 4 is 17.3 Å². The third-order valence-electron chi connectivity index (χ3n) is 6.27. The minimum Gasteiger partial charge on any atom is -0.481 e. The number of carboxylic acids is 1. The van der Waals surface area contributed by atoms with Crippen molar-refractivity contribution in [2.75, 3.05) is 23.7 Å². The first-order valence-electron chi connectivity index (χ1n) is 11.3. The monoisotopic (exact) mass is 458 g/mol. The van der Waals surface area contributed by atoms with E-state index in [9.17, 15) is 19.6 Å². The quantitative estimate of drug-likeness (QED) is 0.392. The van der Waals surface area contributed by atoms with Gasteiger partial charge < -0.3 is 21.1 Å². The van der Waals surface area contributed by atoms with E-state index in [2.05, 4.69) is 22.0 Å². The Morgan fingerprint density at radius 3 is 2.76 bits per heavy atom. The lowest BCUT2D eigenvalue weighted by Crippen LogP contribution is -2.45. The van der Waals surface area contributed by atoms with Crippen LogP contribution in [0.4, 0.5) is 15.8 Å². The molecule has 6 nitrogen and oxygen atoms in total. The summed E-state index contributed by atoms with van der Waals surface area (Å²) >= 11 is 0. The molecule has 0 aromatic heterocycles. The predicted molar refractivity (Wildman–Crippen MR) is 130 cm³/mol. The van der Waals surface area contributed by atoms with E-state index in [0.29, 0.717) is 30.6 Å². The molecule has 0 bridgehead atoms. The van der Waals surface area contributed by atoms with Gasteiger partial charge in [-0.25, -0.2) is 4.39 Å². The van der Waals surface area contributed by atoms with Crippen molar-refractivity contribution in [3.05, 3.63) is 94.8 Å². The average molecular weight is 459 g/mol. The molecule has 34 heavy (non-hydrogen) atoms. The molecule has 174 valence electrons. The molecule has 3 aromatic rings. The summed E-state index contributed by atoms with van der Waals surface area (Å²) in [5.41, 5.74) is 4.43. The molecule has 1 aliphatic rings. The molecule has 0 amide bonds. The number of aliphatic carboxylic acids is 1. The van der Waals surface area contributed by atoms with Gasteiger partial charge in [0.2, 0.25) is 0 Å². The zero-order valence-corrected chi connectivity index (χ0v) is 18.9. The lowest BCUT2D eigenvalue weighted by Gasteiger charge is -2.35. The number of rotatable bonds is 8. The van der Waals surface area contributed by atoms with E-state index in [4.69, 9.17) is 0 Å². The summed E-state index contributed by atoms with van der Waals surface area (Å²) in [6.45, 7) is 2.79. The topological polar surface area (TPSA) is 97.2 Å². The SMILES string of the molecule is C[C@@H](C(=O)O)c1cccc(CCN[C@H](c2ccccc2F)[C@H]2CNc3cccc(C#N)c3N2)c1. The predicted octanol–water partition coefficient (Wildman–Crippen LogP) is 4.67. The Labute approximate surface area is 198 Å². The second-order valence-electron chi connectivity index (χ2n) is 8.48. The third kappa shape index (κ3) is 5.03. The molecular formula is C27H27FN4O2. The van der Waals surface area contributed by atoms with Gasteiger partial charge in [0.05, 0.1) is 34.9 Å². The molecule has 1 aliphatic heterocycles. The maximum Gasteiger partial charge on any atom is 0.310 e.